The molecule has 2 N–H and O–H groups in total. The third kappa shape index (κ3) is 3.68. The van der Waals surface area contributed by atoms with E-state index in [9.17, 15) is 0 Å². The van der Waals surface area contributed by atoms with Crippen molar-refractivity contribution >= 4 is 11.6 Å². The highest BCUT2D eigenvalue weighted by Crippen LogP contribution is 2.19. The van der Waals surface area contributed by atoms with Gasteiger partial charge in [-0.25, -0.2) is 9.97 Å². The molecule has 0 aliphatic carbocycles. The number of nitrogens with one attached hydrogen (secondary N) is 2. The molecule has 0 aliphatic rings. The number of rotatable bonds is 6. The van der Waals surface area contributed by atoms with E-state index in [0.29, 0.717) is 0 Å². The van der Waals surface area contributed by atoms with E-state index < -0.39 is 0 Å². The smallest absolute Gasteiger partial charge is 0.163 e. The van der Waals surface area contributed by atoms with Crippen LogP contribution in [-0.4, -0.2) is 23.6 Å². The second-order valence-corrected chi connectivity index (χ2v) is 4.36. The molecule has 19 heavy (non-hydrogen) atoms. The molecule has 100 valence electrons. The van der Waals surface area contributed by atoms with E-state index in [1.165, 1.54) is 6.42 Å². The van der Waals surface area contributed by atoms with Gasteiger partial charge >= 0.3 is 0 Å². The molecular weight excluding hydrogens is 236 g/mol. The zero-order chi connectivity index (χ0) is 13.5. The maximum absolute atomic E-state index is 4.56. The van der Waals surface area contributed by atoms with E-state index in [2.05, 4.69) is 27.5 Å². The predicted octanol–water partition coefficient (Wildman–Crippen LogP) is 3.40. The molecule has 4 heteroatoms. The van der Waals surface area contributed by atoms with Crippen LogP contribution in [0.4, 0.5) is 11.6 Å². The Bertz CT molecular complexity index is 511. The minimum Gasteiger partial charge on any atom is -0.373 e. The lowest BCUT2D eigenvalue weighted by Gasteiger charge is -2.09. The van der Waals surface area contributed by atoms with E-state index in [-0.39, 0.29) is 0 Å². The first-order chi connectivity index (χ1) is 9.33. The highest BCUT2D eigenvalue weighted by molar-refractivity contribution is 5.60. The molecule has 1 heterocycles. The first-order valence-electron chi connectivity index (χ1n) is 6.69. The summed E-state index contributed by atoms with van der Waals surface area (Å²) in [5, 5.41) is 6.42. The first kappa shape index (κ1) is 13.3. The van der Waals surface area contributed by atoms with Crippen LogP contribution < -0.4 is 10.6 Å². The standard InChI is InChI=1S/C15H20N4/c1-3-4-10-17-14-11-13(16-2)18-15(19-14)12-8-6-5-7-9-12/h5-9,11H,3-4,10H2,1-2H3,(H2,16,17,18,19). The lowest BCUT2D eigenvalue weighted by Crippen LogP contribution is -2.06. The van der Waals surface area contributed by atoms with Crippen LogP contribution in [0.1, 0.15) is 19.8 Å². The molecule has 0 saturated carbocycles. The summed E-state index contributed by atoms with van der Waals surface area (Å²) in [5.41, 5.74) is 1.03. The molecule has 1 aromatic heterocycles. The summed E-state index contributed by atoms with van der Waals surface area (Å²) in [7, 11) is 1.87. The summed E-state index contributed by atoms with van der Waals surface area (Å²) in [6.07, 6.45) is 2.31. The Labute approximate surface area is 114 Å². The molecular formula is C15H20N4. The van der Waals surface area contributed by atoms with Crippen molar-refractivity contribution in [1.29, 1.82) is 0 Å². The van der Waals surface area contributed by atoms with Gasteiger partial charge in [-0.3, -0.25) is 0 Å². The van der Waals surface area contributed by atoms with Crippen LogP contribution in [0.2, 0.25) is 0 Å². The fraction of sp³-hybridized carbons (Fsp3) is 0.333. The summed E-state index contributed by atoms with van der Waals surface area (Å²) in [5.74, 6) is 2.44. The molecule has 0 amide bonds. The van der Waals surface area contributed by atoms with Crippen molar-refractivity contribution in [1.82, 2.24) is 9.97 Å². The van der Waals surface area contributed by atoms with Gasteiger partial charge in [0.25, 0.3) is 0 Å². The average molecular weight is 256 g/mol. The summed E-state index contributed by atoms with van der Waals surface area (Å²) < 4.78 is 0. The molecule has 2 rings (SSSR count). The fourth-order valence-corrected chi connectivity index (χ4v) is 1.78. The van der Waals surface area contributed by atoms with Crippen molar-refractivity contribution in [3.63, 3.8) is 0 Å². The van der Waals surface area contributed by atoms with E-state index in [4.69, 9.17) is 0 Å². The Kier molecular flexibility index (Phi) is 4.72. The molecule has 0 radical (unpaired) electrons. The maximum atomic E-state index is 4.56. The molecule has 1 aromatic carbocycles. The van der Waals surface area contributed by atoms with Gasteiger partial charge in [0.1, 0.15) is 11.6 Å². The van der Waals surface area contributed by atoms with Gasteiger partial charge in [0.2, 0.25) is 0 Å². The number of aromatic nitrogens is 2. The molecule has 0 atom stereocenters. The average Bonchev–Trinajstić information content (AvgIpc) is 2.48. The Morgan fingerprint density at radius 3 is 2.47 bits per heavy atom. The van der Waals surface area contributed by atoms with Crippen molar-refractivity contribution in [2.24, 2.45) is 0 Å². The van der Waals surface area contributed by atoms with E-state index >= 15 is 0 Å². The predicted molar refractivity (Wildman–Crippen MR) is 80.4 cm³/mol. The van der Waals surface area contributed by atoms with Gasteiger partial charge in [-0.1, -0.05) is 43.7 Å². The normalized spacial score (nSPS) is 10.2. The lowest BCUT2D eigenvalue weighted by atomic mass is 10.2. The van der Waals surface area contributed by atoms with Crippen molar-refractivity contribution in [3.8, 4) is 11.4 Å². The Morgan fingerprint density at radius 1 is 1.05 bits per heavy atom. The van der Waals surface area contributed by atoms with Gasteiger partial charge in [-0.15, -0.1) is 0 Å². The number of benzene rings is 1. The molecule has 0 spiro atoms. The van der Waals surface area contributed by atoms with Gasteiger partial charge < -0.3 is 10.6 Å². The number of anilines is 2. The molecule has 0 bridgehead atoms. The molecule has 4 nitrogen and oxygen atoms in total. The zero-order valence-electron chi connectivity index (χ0n) is 11.5. The highest BCUT2D eigenvalue weighted by Gasteiger charge is 2.05. The highest BCUT2D eigenvalue weighted by atomic mass is 15.1. The summed E-state index contributed by atoms with van der Waals surface area (Å²) in [6.45, 7) is 3.11. The van der Waals surface area contributed by atoms with Crippen LogP contribution in [0.3, 0.4) is 0 Å². The fourth-order valence-electron chi connectivity index (χ4n) is 1.78. The van der Waals surface area contributed by atoms with Crippen molar-refractivity contribution < 1.29 is 0 Å². The molecule has 0 saturated heterocycles. The van der Waals surface area contributed by atoms with Gasteiger partial charge in [0.15, 0.2) is 5.82 Å². The number of nitrogens with zero attached hydrogens (tertiary/aromatic N) is 2. The number of unbranched alkanes of at least 4 members (excludes halogenated alkanes) is 1. The SMILES string of the molecule is CCCCNc1cc(NC)nc(-c2ccccc2)n1. The molecule has 0 unspecified atom stereocenters. The monoisotopic (exact) mass is 256 g/mol. The van der Waals surface area contributed by atoms with Crippen LogP contribution in [-0.2, 0) is 0 Å². The second kappa shape index (κ2) is 6.73. The van der Waals surface area contributed by atoms with Crippen LogP contribution in [0.25, 0.3) is 11.4 Å². The number of hydrogen-bond acceptors (Lipinski definition) is 4. The summed E-state index contributed by atoms with van der Waals surface area (Å²) in [6, 6.07) is 12.0. The Morgan fingerprint density at radius 2 is 1.79 bits per heavy atom. The van der Waals surface area contributed by atoms with E-state index in [1.807, 2.05) is 43.4 Å². The van der Waals surface area contributed by atoms with Gasteiger partial charge in [-0.2, -0.15) is 0 Å². The maximum Gasteiger partial charge on any atom is 0.163 e. The molecule has 2 aromatic rings. The van der Waals surface area contributed by atoms with E-state index in [0.717, 1.165) is 36.0 Å². The van der Waals surface area contributed by atoms with Gasteiger partial charge in [0.05, 0.1) is 0 Å². The minimum atomic E-state index is 0.742. The van der Waals surface area contributed by atoms with Gasteiger partial charge in [0, 0.05) is 25.2 Å². The van der Waals surface area contributed by atoms with E-state index in [1.54, 1.807) is 0 Å². The third-order valence-corrected chi connectivity index (χ3v) is 2.85. The lowest BCUT2D eigenvalue weighted by molar-refractivity contribution is 0.830. The zero-order valence-corrected chi connectivity index (χ0v) is 11.5. The Balaban J connectivity index is 2.26. The first-order valence-corrected chi connectivity index (χ1v) is 6.69. The third-order valence-electron chi connectivity index (χ3n) is 2.85. The van der Waals surface area contributed by atoms with Crippen molar-refractivity contribution in [2.75, 3.05) is 24.2 Å². The largest absolute Gasteiger partial charge is 0.373 e. The summed E-state index contributed by atoms with van der Waals surface area (Å²) in [4.78, 5) is 9.05. The topological polar surface area (TPSA) is 49.8 Å². The quantitative estimate of drug-likeness (QED) is 0.778. The van der Waals surface area contributed by atoms with Gasteiger partial charge in [-0.05, 0) is 6.42 Å². The minimum absolute atomic E-state index is 0.742. The second-order valence-electron chi connectivity index (χ2n) is 4.36. The molecule has 0 fully saturated rings. The Hall–Kier alpha value is -2.10. The van der Waals surface area contributed by atoms with Crippen LogP contribution >= 0.6 is 0 Å². The van der Waals surface area contributed by atoms with Crippen molar-refractivity contribution in [2.45, 2.75) is 19.8 Å². The molecule has 0 aliphatic heterocycles. The van der Waals surface area contributed by atoms with Crippen LogP contribution in [0, 0.1) is 0 Å². The van der Waals surface area contributed by atoms with Crippen molar-refractivity contribution in [3.05, 3.63) is 36.4 Å². The number of hydrogen-bond donors (Lipinski definition) is 2. The van der Waals surface area contributed by atoms with Crippen LogP contribution in [0.15, 0.2) is 36.4 Å². The summed E-state index contributed by atoms with van der Waals surface area (Å²) >= 11 is 0. The van der Waals surface area contributed by atoms with Crippen LogP contribution in [0.5, 0.6) is 0 Å².